The minimum atomic E-state index is 0.202. The van der Waals surface area contributed by atoms with Gasteiger partial charge in [0.05, 0.1) is 0 Å². The van der Waals surface area contributed by atoms with E-state index in [1.54, 1.807) is 0 Å². The van der Waals surface area contributed by atoms with Crippen molar-refractivity contribution < 1.29 is 9.90 Å². The summed E-state index contributed by atoms with van der Waals surface area (Å²) in [6.07, 6.45) is 4.78. The molecule has 0 aromatic heterocycles. The van der Waals surface area contributed by atoms with E-state index in [1.807, 2.05) is 11.0 Å². The topological polar surface area (TPSA) is 40.5 Å². The van der Waals surface area contributed by atoms with Crippen LogP contribution in [0.5, 0.6) is 0 Å². The van der Waals surface area contributed by atoms with E-state index in [9.17, 15) is 9.90 Å². The van der Waals surface area contributed by atoms with Crippen LogP contribution in [0.15, 0.2) is 30.3 Å². The zero-order valence-electron chi connectivity index (χ0n) is 13.0. The number of aryl methyl sites for hydroxylation is 1. The average Bonchev–Trinajstić information content (AvgIpc) is 2.54. The maximum atomic E-state index is 12.3. The highest BCUT2D eigenvalue weighted by Gasteiger charge is 2.23. The van der Waals surface area contributed by atoms with E-state index in [0.29, 0.717) is 12.3 Å². The summed E-state index contributed by atoms with van der Waals surface area (Å²) in [6.45, 7) is 3.96. The van der Waals surface area contributed by atoms with Gasteiger partial charge in [-0.2, -0.15) is 0 Å². The molecule has 0 spiro atoms. The molecule has 1 aromatic carbocycles. The fraction of sp³-hybridized carbons (Fsp3) is 0.611. The predicted octanol–water partition coefficient (Wildman–Crippen LogP) is 2.88. The average molecular weight is 289 g/mol. The number of carbonyl (C=O) groups is 1. The van der Waals surface area contributed by atoms with Crippen LogP contribution in [0.4, 0.5) is 0 Å². The molecule has 1 saturated heterocycles. The molecule has 0 bridgehead atoms. The number of benzene rings is 1. The molecular formula is C18H27NO2. The Labute approximate surface area is 128 Å². The molecular weight excluding hydrogens is 262 g/mol. The number of aliphatic hydroxyl groups excluding tert-OH is 1. The van der Waals surface area contributed by atoms with E-state index < -0.39 is 0 Å². The minimum Gasteiger partial charge on any atom is -0.396 e. The van der Waals surface area contributed by atoms with Crippen molar-refractivity contribution in [3.05, 3.63) is 35.9 Å². The Bertz CT molecular complexity index is 432. The summed E-state index contributed by atoms with van der Waals surface area (Å²) in [5.41, 5.74) is 1.34. The fourth-order valence-corrected chi connectivity index (χ4v) is 3.03. The monoisotopic (exact) mass is 289 g/mol. The van der Waals surface area contributed by atoms with E-state index in [0.717, 1.165) is 38.8 Å². The van der Waals surface area contributed by atoms with Crippen LogP contribution in [0.25, 0.3) is 0 Å². The molecule has 2 rings (SSSR count). The molecule has 0 radical (unpaired) electrons. The molecule has 3 heteroatoms. The SMILES string of the molecule is CC(CCc1ccccc1)CC(=O)N1CCCC(CO)C1. The van der Waals surface area contributed by atoms with Crippen molar-refractivity contribution in [3.8, 4) is 0 Å². The lowest BCUT2D eigenvalue weighted by Crippen LogP contribution is -2.41. The van der Waals surface area contributed by atoms with Crippen molar-refractivity contribution in [2.75, 3.05) is 19.7 Å². The van der Waals surface area contributed by atoms with Crippen molar-refractivity contribution in [1.82, 2.24) is 4.90 Å². The summed E-state index contributed by atoms with van der Waals surface area (Å²) in [4.78, 5) is 14.3. The van der Waals surface area contributed by atoms with Crippen molar-refractivity contribution in [2.24, 2.45) is 11.8 Å². The smallest absolute Gasteiger partial charge is 0.222 e. The normalized spacial score (nSPS) is 20.3. The van der Waals surface area contributed by atoms with E-state index >= 15 is 0 Å². The quantitative estimate of drug-likeness (QED) is 0.875. The van der Waals surface area contributed by atoms with Crippen molar-refractivity contribution in [1.29, 1.82) is 0 Å². The lowest BCUT2D eigenvalue weighted by Gasteiger charge is -2.32. The first-order valence-electron chi connectivity index (χ1n) is 8.11. The minimum absolute atomic E-state index is 0.202. The molecule has 2 atom stereocenters. The Morgan fingerprint density at radius 3 is 2.86 bits per heavy atom. The molecule has 116 valence electrons. The number of nitrogens with zero attached hydrogens (tertiary/aromatic N) is 1. The Kier molecular flexibility index (Phi) is 6.24. The maximum absolute atomic E-state index is 12.3. The lowest BCUT2D eigenvalue weighted by atomic mass is 9.95. The van der Waals surface area contributed by atoms with Gasteiger partial charge >= 0.3 is 0 Å². The summed E-state index contributed by atoms with van der Waals surface area (Å²) < 4.78 is 0. The third kappa shape index (κ3) is 5.16. The second-order valence-corrected chi connectivity index (χ2v) is 6.36. The molecule has 1 fully saturated rings. The molecule has 2 unspecified atom stereocenters. The molecule has 0 aliphatic carbocycles. The summed E-state index contributed by atoms with van der Waals surface area (Å²) in [7, 11) is 0. The number of amides is 1. The Morgan fingerprint density at radius 1 is 1.38 bits per heavy atom. The molecule has 1 aromatic rings. The van der Waals surface area contributed by atoms with Gasteiger partial charge in [-0.3, -0.25) is 4.79 Å². The standard InChI is InChI=1S/C18H27NO2/c1-15(9-10-16-6-3-2-4-7-16)12-18(21)19-11-5-8-17(13-19)14-20/h2-4,6-7,15,17,20H,5,8-14H2,1H3. The number of aliphatic hydroxyl groups is 1. The molecule has 1 N–H and O–H groups in total. The highest BCUT2D eigenvalue weighted by Crippen LogP contribution is 2.19. The van der Waals surface area contributed by atoms with Gasteiger partial charge < -0.3 is 10.0 Å². The van der Waals surface area contributed by atoms with Crippen molar-refractivity contribution >= 4 is 5.91 Å². The number of piperidine rings is 1. The number of hydrogen-bond donors (Lipinski definition) is 1. The lowest BCUT2D eigenvalue weighted by molar-refractivity contribution is -0.134. The Balaban J connectivity index is 1.74. The fourth-order valence-electron chi connectivity index (χ4n) is 3.03. The second-order valence-electron chi connectivity index (χ2n) is 6.36. The van der Waals surface area contributed by atoms with Gasteiger partial charge in [-0.05, 0) is 43.1 Å². The zero-order chi connectivity index (χ0) is 15.1. The highest BCUT2D eigenvalue weighted by molar-refractivity contribution is 5.76. The highest BCUT2D eigenvalue weighted by atomic mass is 16.3. The van der Waals surface area contributed by atoms with Gasteiger partial charge in [-0.1, -0.05) is 37.3 Å². The van der Waals surface area contributed by atoms with E-state index in [-0.39, 0.29) is 18.4 Å². The van der Waals surface area contributed by atoms with Crippen LogP contribution >= 0.6 is 0 Å². The molecule has 3 nitrogen and oxygen atoms in total. The van der Waals surface area contributed by atoms with Crippen molar-refractivity contribution in [2.45, 2.75) is 39.0 Å². The van der Waals surface area contributed by atoms with Crippen LogP contribution in [-0.4, -0.2) is 35.6 Å². The van der Waals surface area contributed by atoms with Crippen molar-refractivity contribution in [3.63, 3.8) is 0 Å². The molecule has 21 heavy (non-hydrogen) atoms. The van der Waals surface area contributed by atoms with Crippen LogP contribution in [-0.2, 0) is 11.2 Å². The van der Waals surface area contributed by atoms with Crippen LogP contribution in [0.1, 0.15) is 38.2 Å². The third-order valence-corrected chi connectivity index (χ3v) is 4.42. The number of hydrogen-bond acceptors (Lipinski definition) is 2. The predicted molar refractivity (Wildman–Crippen MR) is 84.9 cm³/mol. The van der Waals surface area contributed by atoms with Gasteiger partial charge in [-0.15, -0.1) is 0 Å². The molecule has 1 heterocycles. The van der Waals surface area contributed by atoms with Gasteiger partial charge in [-0.25, -0.2) is 0 Å². The summed E-state index contributed by atoms with van der Waals surface area (Å²) >= 11 is 0. The van der Waals surface area contributed by atoms with Gasteiger partial charge in [0.15, 0.2) is 0 Å². The summed E-state index contributed by atoms with van der Waals surface area (Å²) in [5.74, 6) is 0.947. The Morgan fingerprint density at radius 2 is 2.14 bits per heavy atom. The molecule has 1 amide bonds. The largest absolute Gasteiger partial charge is 0.396 e. The van der Waals surface area contributed by atoms with Crippen LogP contribution in [0.3, 0.4) is 0 Å². The summed E-state index contributed by atoms with van der Waals surface area (Å²) in [5, 5.41) is 9.24. The van der Waals surface area contributed by atoms with E-state index in [4.69, 9.17) is 0 Å². The number of likely N-dealkylation sites (tertiary alicyclic amines) is 1. The van der Waals surface area contributed by atoms with Gasteiger partial charge in [0.25, 0.3) is 0 Å². The Hall–Kier alpha value is -1.35. The number of rotatable bonds is 6. The first-order valence-corrected chi connectivity index (χ1v) is 8.11. The second kappa shape index (κ2) is 8.18. The molecule has 1 aliphatic rings. The van der Waals surface area contributed by atoms with Gasteiger partial charge in [0.1, 0.15) is 0 Å². The van der Waals surface area contributed by atoms with E-state index in [1.165, 1.54) is 5.56 Å². The molecule has 0 saturated carbocycles. The maximum Gasteiger partial charge on any atom is 0.222 e. The molecule has 1 aliphatic heterocycles. The van der Waals surface area contributed by atoms with Gasteiger partial charge in [0.2, 0.25) is 5.91 Å². The van der Waals surface area contributed by atoms with Crippen LogP contribution < -0.4 is 0 Å². The van der Waals surface area contributed by atoms with E-state index in [2.05, 4.69) is 31.2 Å². The zero-order valence-corrected chi connectivity index (χ0v) is 13.0. The van der Waals surface area contributed by atoms with Gasteiger partial charge in [0, 0.05) is 26.1 Å². The first-order chi connectivity index (χ1) is 10.2. The third-order valence-electron chi connectivity index (χ3n) is 4.42. The number of carbonyl (C=O) groups excluding carboxylic acids is 1. The van der Waals surface area contributed by atoms with Crippen LogP contribution in [0.2, 0.25) is 0 Å². The summed E-state index contributed by atoms with van der Waals surface area (Å²) in [6, 6.07) is 10.4. The first kappa shape index (κ1) is 16.0. The van der Waals surface area contributed by atoms with Crippen LogP contribution in [0, 0.1) is 11.8 Å².